The van der Waals surface area contributed by atoms with E-state index in [1.807, 2.05) is 18.2 Å². The molecule has 22 heavy (non-hydrogen) atoms. The molecule has 0 amide bonds. The summed E-state index contributed by atoms with van der Waals surface area (Å²) in [7, 11) is 1.70. The van der Waals surface area contributed by atoms with E-state index in [9.17, 15) is 0 Å². The van der Waals surface area contributed by atoms with Crippen LogP contribution in [0.4, 0.5) is 0 Å². The van der Waals surface area contributed by atoms with Crippen molar-refractivity contribution in [3.63, 3.8) is 0 Å². The number of likely N-dealkylation sites (tertiary alicyclic amines) is 1. The molecule has 1 aromatic heterocycles. The first-order chi connectivity index (χ1) is 10.7. The maximum absolute atomic E-state index is 5.83. The number of methoxy groups -OCH3 is 1. The van der Waals surface area contributed by atoms with Gasteiger partial charge in [-0.3, -0.25) is 4.90 Å². The van der Waals surface area contributed by atoms with Gasteiger partial charge in [-0.1, -0.05) is 11.6 Å². The lowest BCUT2D eigenvalue weighted by Gasteiger charge is -2.17. The Labute approximate surface area is 135 Å². The van der Waals surface area contributed by atoms with E-state index in [2.05, 4.69) is 9.88 Å². The predicted molar refractivity (Wildman–Crippen MR) is 86.8 cm³/mol. The number of benzene rings is 1. The van der Waals surface area contributed by atoms with Crippen molar-refractivity contribution in [3.05, 3.63) is 47.1 Å². The summed E-state index contributed by atoms with van der Waals surface area (Å²) in [5.41, 5.74) is 1.14. The molecule has 5 heteroatoms. The third kappa shape index (κ3) is 3.70. The molecule has 0 saturated carbocycles. The molecule has 3 rings (SSSR count). The average molecular weight is 319 g/mol. The largest absolute Gasteiger partial charge is 0.496 e. The van der Waals surface area contributed by atoms with Crippen molar-refractivity contribution in [2.75, 3.05) is 20.2 Å². The van der Waals surface area contributed by atoms with E-state index in [0.717, 1.165) is 36.7 Å². The molecular weight excluding hydrogens is 300 g/mol. The van der Waals surface area contributed by atoms with Crippen molar-refractivity contribution < 1.29 is 9.47 Å². The number of hydrogen-bond acceptors (Lipinski definition) is 4. The van der Waals surface area contributed by atoms with Gasteiger partial charge in [-0.25, -0.2) is 4.98 Å². The van der Waals surface area contributed by atoms with Gasteiger partial charge < -0.3 is 9.47 Å². The van der Waals surface area contributed by atoms with E-state index in [-0.39, 0.29) is 0 Å². The first-order valence-corrected chi connectivity index (χ1v) is 7.81. The van der Waals surface area contributed by atoms with Gasteiger partial charge in [0.15, 0.2) is 0 Å². The van der Waals surface area contributed by atoms with Gasteiger partial charge in [-0.05, 0) is 50.2 Å². The van der Waals surface area contributed by atoms with Crippen molar-refractivity contribution in [1.82, 2.24) is 9.88 Å². The SMILES string of the molecule is COc1ccc(Oc2ccc(Cl)cn2)cc1CN1CCCC1. The minimum absolute atomic E-state index is 0.529. The molecule has 0 atom stereocenters. The maximum Gasteiger partial charge on any atom is 0.219 e. The van der Waals surface area contributed by atoms with E-state index in [0.29, 0.717) is 10.9 Å². The summed E-state index contributed by atoms with van der Waals surface area (Å²) >= 11 is 5.83. The van der Waals surface area contributed by atoms with Gasteiger partial charge in [0, 0.05) is 24.4 Å². The normalized spacial score (nSPS) is 15.0. The van der Waals surface area contributed by atoms with Crippen molar-refractivity contribution in [2.45, 2.75) is 19.4 Å². The van der Waals surface area contributed by atoms with Gasteiger partial charge in [-0.2, -0.15) is 0 Å². The second kappa shape index (κ2) is 6.99. The van der Waals surface area contributed by atoms with Crippen LogP contribution < -0.4 is 9.47 Å². The zero-order valence-corrected chi connectivity index (χ0v) is 13.3. The third-order valence-corrected chi connectivity index (χ3v) is 3.99. The van der Waals surface area contributed by atoms with E-state index in [4.69, 9.17) is 21.1 Å². The quantitative estimate of drug-likeness (QED) is 0.830. The summed E-state index contributed by atoms with van der Waals surface area (Å²) in [4.78, 5) is 6.59. The molecule has 0 unspecified atom stereocenters. The van der Waals surface area contributed by atoms with E-state index in [1.54, 1.807) is 25.4 Å². The van der Waals surface area contributed by atoms with Crippen LogP contribution in [-0.2, 0) is 6.54 Å². The summed E-state index contributed by atoms with van der Waals surface area (Å²) in [6.07, 6.45) is 4.12. The van der Waals surface area contributed by atoms with Crippen molar-refractivity contribution >= 4 is 11.6 Å². The highest BCUT2D eigenvalue weighted by atomic mass is 35.5. The predicted octanol–water partition coefficient (Wildman–Crippen LogP) is 4.13. The number of ether oxygens (including phenoxy) is 2. The molecule has 1 aliphatic heterocycles. The van der Waals surface area contributed by atoms with Crippen LogP contribution in [0.25, 0.3) is 0 Å². The van der Waals surface area contributed by atoms with Crippen molar-refractivity contribution in [3.8, 4) is 17.4 Å². The fraction of sp³-hybridized carbons (Fsp3) is 0.353. The Morgan fingerprint density at radius 2 is 2.00 bits per heavy atom. The lowest BCUT2D eigenvalue weighted by atomic mass is 10.1. The zero-order valence-electron chi connectivity index (χ0n) is 12.6. The Kier molecular flexibility index (Phi) is 4.80. The minimum Gasteiger partial charge on any atom is -0.496 e. The number of aromatic nitrogens is 1. The molecule has 0 spiro atoms. The molecule has 4 nitrogen and oxygen atoms in total. The van der Waals surface area contributed by atoms with Crippen LogP contribution in [0.15, 0.2) is 36.5 Å². The van der Waals surface area contributed by atoms with Gasteiger partial charge >= 0.3 is 0 Å². The van der Waals surface area contributed by atoms with Gasteiger partial charge in [0.1, 0.15) is 11.5 Å². The highest BCUT2D eigenvalue weighted by Gasteiger charge is 2.15. The molecule has 0 N–H and O–H groups in total. The molecule has 116 valence electrons. The molecule has 1 aromatic carbocycles. The lowest BCUT2D eigenvalue weighted by Crippen LogP contribution is -2.18. The summed E-state index contributed by atoms with van der Waals surface area (Å²) in [6.45, 7) is 3.17. The van der Waals surface area contributed by atoms with Crippen molar-refractivity contribution in [2.24, 2.45) is 0 Å². The zero-order chi connectivity index (χ0) is 15.4. The van der Waals surface area contributed by atoms with Crippen LogP contribution in [0.3, 0.4) is 0 Å². The van der Waals surface area contributed by atoms with E-state index >= 15 is 0 Å². The van der Waals surface area contributed by atoms with Crippen LogP contribution in [0, 0.1) is 0 Å². The van der Waals surface area contributed by atoms with Gasteiger partial charge in [0.25, 0.3) is 0 Å². The van der Waals surface area contributed by atoms with Crippen LogP contribution in [-0.4, -0.2) is 30.1 Å². The summed E-state index contributed by atoms with van der Waals surface area (Å²) in [6, 6.07) is 9.37. The fourth-order valence-corrected chi connectivity index (χ4v) is 2.78. The lowest BCUT2D eigenvalue weighted by molar-refractivity contribution is 0.320. The van der Waals surface area contributed by atoms with Gasteiger partial charge in [-0.15, -0.1) is 0 Å². The van der Waals surface area contributed by atoms with Crippen LogP contribution in [0.1, 0.15) is 18.4 Å². The Hall–Kier alpha value is -1.78. The average Bonchev–Trinajstić information content (AvgIpc) is 3.03. The summed E-state index contributed by atoms with van der Waals surface area (Å²) in [5, 5.41) is 0.594. The highest BCUT2D eigenvalue weighted by Crippen LogP contribution is 2.29. The molecule has 0 radical (unpaired) electrons. The second-order valence-corrected chi connectivity index (χ2v) is 5.81. The molecule has 2 aromatic rings. The van der Waals surface area contributed by atoms with Gasteiger partial charge in [0.05, 0.1) is 12.1 Å². The fourth-order valence-electron chi connectivity index (χ4n) is 2.67. The maximum atomic E-state index is 5.83. The van der Waals surface area contributed by atoms with Gasteiger partial charge in [0.2, 0.25) is 5.88 Å². The van der Waals surface area contributed by atoms with E-state index in [1.165, 1.54) is 12.8 Å². The van der Waals surface area contributed by atoms with Crippen LogP contribution >= 0.6 is 11.6 Å². The molecule has 0 bridgehead atoms. The molecule has 2 heterocycles. The Morgan fingerprint density at radius 1 is 1.18 bits per heavy atom. The minimum atomic E-state index is 0.529. The summed E-state index contributed by atoms with van der Waals surface area (Å²) in [5.74, 6) is 2.18. The highest BCUT2D eigenvalue weighted by molar-refractivity contribution is 6.30. The second-order valence-electron chi connectivity index (χ2n) is 5.37. The standard InChI is InChI=1S/C17H19ClN2O2/c1-21-16-6-5-15(22-17-7-4-14(18)11-19-17)10-13(16)12-20-8-2-3-9-20/h4-7,10-11H,2-3,8-9,12H2,1H3. The number of halogens is 1. The summed E-state index contributed by atoms with van der Waals surface area (Å²) < 4.78 is 11.3. The number of hydrogen-bond donors (Lipinski definition) is 0. The molecular formula is C17H19ClN2O2. The van der Waals surface area contributed by atoms with Crippen LogP contribution in [0.5, 0.6) is 17.4 Å². The number of rotatable bonds is 5. The molecule has 0 aliphatic carbocycles. The number of nitrogens with zero attached hydrogens (tertiary/aromatic N) is 2. The smallest absolute Gasteiger partial charge is 0.219 e. The molecule has 1 aliphatic rings. The first-order valence-electron chi connectivity index (χ1n) is 7.43. The molecule has 1 saturated heterocycles. The Bertz CT molecular complexity index is 625. The topological polar surface area (TPSA) is 34.6 Å². The van der Waals surface area contributed by atoms with Crippen molar-refractivity contribution in [1.29, 1.82) is 0 Å². The monoisotopic (exact) mass is 318 g/mol. The first kappa shape index (κ1) is 15.1. The van der Waals surface area contributed by atoms with Crippen LogP contribution in [0.2, 0.25) is 5.02 Å². The molecule has 1 fully saturated rings. The van der Waals surface area contributed by atoms with E-state index < -0.39 is 0 Å². The Morgan fingerprint density at radius 3 is 2.68 bits per heavy atom. The third-order valence-electron chi connectivity index (χ3n) is 3.77. The number of pyridine rings is 1. The Balaban J connectivity index is 1.78.